The number of benzene rings is 1. The predicted molar refractivity (Wildman–Crippen MR) is 92.4 cm³/mol. The SMILES string of the molecule is C=CCC(NCCN1CCOCC1)c1cccc(OC)c1OC. The Morgan fingerprint density at radius 3 is 2.74 bits per heavy atom. The molecule has 1 heterocycles. The summed E-state index contributed by atoms with van der Waals surface area (Å²) >= 11 is 0. The number of hydrogen-bond donors (Lipinski definition) is 1. The maximum atomic E-state index is 5.56. The van der Waals surface area contributed by atoms with Crippen LogP contribution in [0.5, 0.6) is 11.5 Å². The molecule has 1 fully saturated rings. The zero-order valence-electron chi connectivity index (χ0n) is 14.2. The highest BCUT2D eigenvalue weighted by molar-refractivity contribution is 5.48. The Balaban J connectivity index is 2.01. The monoisotopic (exact) mass is 320 g/mol. The van der Waals surface area contributed by atoms with Gasteiger partial charge in [-0.3, -0.25) is 4.90 Å². The van der Waals surface area contributed by atoms with E-state index in [-0.39, 0.29) is 6.04 Å². The van der Waals surface area contributed by atoms with Crippen LogP contribution in [0.2, 0.25) is 0 Å². The van der Waals surface area contributed by atoms with E-state index in [1.807, 2.05) is 18.2 Å². The van der Waals surface area contributed by atoms with Crippen molar-refractivity contribution in [3.8, 4) is 11.5 Å². The lowest BCUT2D eigenvalue weighted by molar-refractivity contribution is 0.0381. The van der Waals surface area contributed by atoms with Crippen LogP contribution in [-0.2, 0) is 4.74 Å². The lowest BCUT2D eigenvalue weighted by Gasteiger charge is -2.28. The minimum absolute atomic E-state index is 0.165. The minimum atomic E-state index is 0.165. The summed E-state index contributed by atoms with van der Waals surface area (Å²) in [4.78, 5) is 2.42. The molecule has 0 saturated carbocycles. The standard InChI is InChI=1S/C18H28N2O3/c1-4-6-16(19-9-10-20-11-13-23-14-12-20)15-7-5-8-17(21-2)18(15)22-3/h4-5,7-8,16,19H,1,6,9-14H2,2-3H3. The first-order valence-electron chi connectivity index (χ1n) is 8.15. The Labute approximate surface area is 139 Å². The summed E-state index contributed by atoms with van der Waals surface area (Å²) in [6.45, 7) is 9.50. The Bertz CT molecular complexity index is 487. The third kappa shape index (κ3) is 4.96. The molecule has 0 spiro atoms. The number of hydrogen-bond acceptors (Lipinski definition) is 5. The first-order chi connectivity index (χ1) is 11.3. The Morgan fingerprint density at radius 2 is 2.09 bits per heavy atom. The van der Waals surface area contributed by atoms with Crippen molar-refractivity contribution < 1.29 is 14.2 Å². The summed E-state index contributed by atoms with van der Waals surface area (Å²) < 4.78 is 16.4. The molecule has 1 atom stereocenters. The van der Waals surface area contributed by atoms with Gasteiger partial charge in [0.15, 0.2) is 11.5 Å². The van der Waals surface area contributed by atoms with Crippen molar-refractivity contribution in [1.82, 2.24) is 10.2 Å². The molecule has 0 aromatic heterocycles. The van der Waals surface area contributed by atoms with Crippen LogP contribution in [0.3, 0.4) is 0 Å². The third-order valence-corrected chi connectivity index (χ3v) is 4.13. The van der Waals surface area contributed by atoms with E-state index in [1.165, 1.54) is 0 Å². The van der Waals surface area contributed by atoms with Gasteiger partial charge >= 0.3 is 0 Å². The molecule has 1 unspecified atom stereocenters. The molecular weight excluding hydrogens is 292 g/mol. The first kappa shape index (κ1) is 17.8. The Morgan fingerprint density at radius 1 is 1.30 bits per heavy atom. The highest BCUT2D eigenvalue weighted by atomic mass is 16.5. The summed E-state index contributed by atoms with van der Waals surface area (Å²) in [6, 6.07) is 6.16. The summed E-state index contributed by atoms with van der Waals surface area (Å²) in [5, 5.41) is 3.62. The van der Waals surface area contributed by atoms with Crippen LogP contribution < -0.4 is 14.8 Å². The fourth-order valence-electron chi connectivity index (χ4n) is 2.89. The van der Waals surface area contributed by atoms with Crippen molar-refractivity contribution in [3.63, 3.8) is 0 Å². The van der Waals surface area contributed by atoms with Crippen molar-refractivity contribution in [3.05, 3.63) is 36.4 Å². The number of ether oxygens (including phenoxy) is 3. The van der Waals surface area contributed by atoms with Gasteiger partial charge in [-0.1, -0.05) is 18.2 Å². The summed E-state index contributed by atoms with van der Waals surface area (Å²) in [5.74, 6) is 1.55. The molecule has 1 aliphatic rings. The number of nitrogens with one attached hydrogen (secondary N) is 1. The fraction of sp³-hybridized carbons (Fsp3) is 0.556. The van der Waals surface area contributed by atoms with Crippen LogP contribution in [0.25, 0.3) is 0 Å². The second-order valence-corrected chi connectivity index (χ2v) is 5.57. The van der Waals surface area contributed by atoms with Crippen molar-refractivity contribution in [2.45, 2.75) is 12.5 Å². The lowest BCUT2D eigenvalue weighted by atomic mass is 10.0. The molecule has 1 saturated heterocycles. The molecule has 1 aromatic carbocycles. The van der Waals surface area contributed by atoms with E-state index in [1.54, 1.807) is 14.2 Å². The van der Waals surface area contributed by atoms with E-state index in [0.29, 0.717) is 0 Å². The number of rotatable bonds is 9. The summed E-state index contributed by atoms with van der Waals surface area (Å²) in [6.07, 6.45) is 2.78. The first-order valence-corrected chi connectivity index (χ1v) is 8.15. The second kappa shape index (κ2) is 9.55. The van der Waals surface area contributed by atoms with E-state index in [2.05, 4.69) is 22.9 Å². The number of methoxy groups -OCH3 is 2. The molecule has 5 heteroatoms. The van der Waals surface area contributed by atoms with Crippen LogP contribution in [0.15, 0.2) is 30.9 Å². The average molecular weight is 320 g/mol. The second-order valence-electron chi connectivity index (χ2n) is 5.57. The zero-order chi connectivity index (χ0) is 16.5. The summed E-state index contributed by atoms with van der Waals surface area (Å²) in [5.41, 5.74) is 1.11. The molecule has 5 nitrogen and oxygen atoms in total. The average Bonchev–Trinajstić information content (AvgIpc) is 2.61. The smallest absolute Gasteiger partial charge is 0.165 e. The van der Waals surface area contributed by atoms with Gasteiger partial charge in [0.05, 0.1) is 27.4 Å². The van der Waals surface area contributed by atoms with Gasteiger partial charge in [0, 0.05) is 37.8 Å². The third-order valence-electron chi connectivity index (χ3n) is 4.13. The van der Waals surface area contributed by atoms with Crippen LogP contribution in [-0.4, -0.2) is 58.5 Å². The van der Waals surface area contributed by atoms with E-state index in [4.69, 9.17) is 14.2 Å². The molecule has 0 aliphatic carbocycles. The fourth-order valence-corrected chi connectivity index (χ4v) is 2.89. The Hall–Kier alpha value is -1.56. The quantitative estimate of drug-likeness (QED) is 0.707. The maximum Gasteiger partial charge on any atom is 0.165 e. The van der Waals surface area contributed by atoms with Crippen molar-refractivity contribution in [2.24, 2.45) is 0 Å². The highest BCUT2D eigenvalue weighted by Crippen LogP contribution is 2.35. The largest absolute Gasteiger partial charge is 0.493 e. The van der Waals surface area contributed by atoms with Gasteiger partial charge in [-0.15, -0.1) is 6.58 Å². The normalized spacial score (nSPS) is 16.8. The topological polar surface area (TPSA) is 43.0 Å². The van der Waals surface area contributed by atoms with Crippen LogP contribution in [0, 0.1) is 0 Å². The van der Waals surface area contributed by atoms with Gasteiger partial charge < -0.3 is 19.5 Å². The molecule has 1 aliphatic heterocycles. The molecule has 2 rings (SSSR count). The van der Waals surface area contributed by atoms with Gasteiger partial charge in [-0.05, 0) is 12.5 Å². The van der Waals surface area contributed by atoms with Gasteiger partial charge in [-0.25, -0.2) is 0 Å². The molecule has 1 aromatic rings. The van der Waals surface area contributed by atoms with Gasteiger partial charge in [-0.2, -0.15) is 0 Å². The molecule has 23 heavy (non-hydrogen) atoms. The minimum Gasteiger partial charge on any atom is -0.493 e. The van der Waals surface area contributed by atoms with Crippen molar-refractivity contribution >= 4 is 0 Å². The van der Waals surface area contributed by atoms with E-state index in [9.17, 15) is 0 Å². The number of para-hydroxylation sites is 1. The molecule has 0 bridgehead atoms. The zero-order valence-corrected chi connectivity index (χ0v) is 14.2. The lowest BCUT2D eigenvalue weighted by Crippen LogP contribution is -2.40. The molecule has 1 N–H and O–H groups in total. The van der Waals surface area contributed by atoms with Crippen LogP contribution >= 0.6 is 0 Å². The summed E-state index contributed by atoms with van der Waals surface area (Å²) in [7, 11) is 3.34. The predicted octanol–water partition coefficient (Wildman–Crippen LogP) is 2.24. The van der Waals surface area contributed by atoms with Crippen molar-refractivity contribution in [2.75, 3.05) is 53.6 Å². The Kier molecular flexibility index (Phi) is 7.39. The van der Waals surface area contributed by atoms with Crippen LogP contribution in [0.4, 0.5) is 0 Å². The maximum absolute atomic E-state index is 5.56. The van der Waals surface area contributed by atoms with E-state index < -0.39 is 0 Å². The van der Waals surface area contributed by atoms with Gasteiger partial charge in [0.25, 0.3) is 0 Å². The van der Waals surface area contributed by atoms with E-state index >= 15 is 0 Å². The molecule has 128 valence electrons. The molecular formula is C18H28N2O3. The van der Waals surface area contributed by atoms with Crippen molar-refractivity contribution in [1.29, 1.82) is 0 Å². The number of nitrogens with zero attached hydrogens (tertiary/aromatic N) is 1. The van der Waals surface area contributed by atoms with Crippen LogP contribution in [0.1, 0.15) is 18.0 Å². The van der Waals surface area contributed by atoms with E-state index in [0.717, 1.165) is 62.9 Å². The number of morpholine rings is 1. The molecule has 0 amide bonds. The molecule has 0 radical (unpaired) electrons. The van der Waals surface area contributed by atoms with Gasteiger partial charge in [0.1, 0.15) is 0 Å². The van der Waals surface area contributed by atoms with Gasteiger partial charge in [0.2, 0.25) is 0 Å². The highest BCUT2D eigenvalue weighted by Gasteiger charge is 2.18.